The third kappa shape index (κ3) is 3.05. The van der Waals surface area contributed by atoms with Crippen LogP contribution in [0.4, 0.5) is 0 Å². The van der Waals surface area contributed by atoms with Crippen molar-refractivity contribution < 1.29 is 27.4 Å². The molecule has 0 N–H and O–H groups in total. The van der Waals surface area contributed by atoms with Crippen LogP contribution < -0.4 is 9.47 Å². The van der Waals surface area contributed by atoms with Crippen molar-refractivity contribution in [3.63, 3.8) is 0 Å². The van der Waals surface area contributed by atoms with Crippen LogP contribution in [0.1, 0.15) is 23.1 Å². The Balaban J connectivity index is 1.67. The van der Waals surface area contributed by atoms with Crippen LogP contribution in [0.5, 0.6) is 11.5 Å². The summed E-state index contributed by atoms with van der Waals surface area (Å²) >= 11 is 0. The molecule has 7 nitrogen and oxygen atoms in total. The third-order valence-corrected chi connectivity index (χ3v) is 8.22. The molecule has 0 amide bonds. The number of aryl methyl sites for hydroxylation is 1. The maximum absolute atomic E-state index is 13.5. The molecule has 0 saturated carbocycles. The predicted molar refractivity (Wildman–Crippen MR) is 117 cm³/mol. The van der Waals surface area contributed by atoms with Gasteiger partial charge in [0.15, 0.2) is 17.3 Å². The Hall–Kier alpha value is -3.10. The van der Waals surface area contributed by atoms with Gasteiger partial charge in [-0.2, -0.15) is 4.31 Å². The average molecular weight is 454 g/mol. The smallest absolute Gasteiger partial charge is 0.243 e. The topological polar surface area (TPSA) is 82.1 Å². The summed E-state index contributed by atoms with van der Waals surface area (Å²) in [5, 5.41) is 0. The van der Waals surface area contributed by atoms with Crippen LogP contribution in [0.3, 0.4) is 0 Å². The molecule has 5 rings (SSSR count). The highest BCUT2D eigenvalue weighted by Gasteiger charge is 2.49. The summed E-state index contributed by atoms with van der Waals surface area (Å²) in [6.07, 6.45) is 5.18. The molecule has 8 heteroatoms. The lowest BCUT2D eigenvalue weighted by atomic mass is 9.69. The van der Waals surface area contributed by atoms with Crippen molar-refractivity contribution in [3.05, 3.63) is 77.1 Å². The number of fused-ring (bicyclic) bond motifs is 3. The second kappa shape index (κ2) is 7.50. The standard InChI is InChI=1S/C24H23NO6S/c1-16-6-8-18(9-7-16)32(27,28)25-11-10-24(22(26)4-3-5-23(24)29-2)19-13-21-20(30-15-31-21)12-17(19)14-25/h3-9,12-13H,10-11,14-15H2,1-2H3/t24-/m0/s1. The van der Waals surface area contributed by atoms with E-state index in [1.165, 1.54) is 17.5 Å². The van der Waals surface area contributed by atoms with Crippen molar-refractivity contribution in [2.45, 2.75) is 30.2 Å². The summed E-state index contributed by atoms with van der Waals surface area (Å²) in [6, 6.07) is 10.4. The SMILES string of the molecule is COC1=CC=CC(=O)[C@@]12CCN(S(=O)(=O)c1ccc(C)cc1)Cc1cc3c(cc12)OCO3. The largest absolute Gasteiger partial charge is 0.500 e. The number of carbonyl (C=O) groups excluding carboxylic acids is 1. The highest BCUT2D eigenvalue weighted by Crippen LogP contribution is 2.48. The molecule has 0 radical (unpaired) electrons. The third-order valence-electron chi connectivity index (χ3n) is 6.36. The van der Waals surface area contributed by atoms with Crippen molar-refractivity contribution in [1.82, 2.24) is 4.31 Å². The van der Waals surface area contributed by atoms with E-state index < -0.39 is 15.4 Å². The summed E-state index contributed by atoms with van der Waals surface area (Å²) in [5.41, 5.74) is 1.23. The fraction of sp³-hybridized carbons (Fsp3) is 0.292. The van der Waals surface area contributed by atoms with Crippen LogP contribution in [-0.4, -0.2) is 39.0 Å². The first-order valence-corrected chi connectivity index (χ1v) is 11.8. The number of carbonyl (C=O) groups is 1. The van der Waals surface area contributed by atoms with Crippen molar-refractivity contribution in [3.8, 4) is 11.5 Å². The Bertz CT molecular complexity index is 1260. The lowest BCUT2D eigenvalue weighted by molar-refractivity contribution is -0.120. The van der Waals surface area contributed by atoms with Gasteiger partial charge < -0.3 is 14.2 Å². The molecule has 1 spiro atoms. The van der Waals surface area contributed by atoms with Crippen LogP contribution in [0.25, 0.3) is 0 Å². The number of hydrogen-bond donors (Lipinski definition) is 0. The summed E-state index contributed by atoms with van der Waals surface area (Å²) in [5.74, 6) is 1.41. The lowest BCUT2D eigenvalue weighted by Crippen LogP contribution is -2.41. The second-order valence-corrected chi connectivity index (χ2v) is 10.1. The normalized spacial score (nSPS) is 22.4. The molecule has 2 heterocycles. The number of ether oxygens (including phenoxy) is 3. The van der Waals surface area contributed by atoms with Gasteiger partial charge in [0.1, 0.15) is 11.2 Å². The molecule has 2 aromatic carbocycles. The van der Waals surface area contributed by atoms with Crippen LogP contribution in [0.15, 0.2) is 65.3 Å². The number of ketones is 1. The van der Waals surface area contributed by atoms with E-state index in [0.717, 1.165) is 5.56 Å². The number of allylic oxidation sites excluding steroid dienone is 4. The van der Waals surface area contributed by atoms with Crippen LogP contribution in [0, 0.1) is 6.92 Å². The van der Waals surface area contributed by atoms with Gasteiger partial charge >= 0.3 is 0 Å². The van der Waals surface area contributed by atoms with Gasteiger partial charge in [0.05, 0.1) is 12.0 Å². The first kappa shape index (κ1) is 20.8. The fourth-order valence-electron chi connectivity index (χ4n) is 4.66. The molecular formula is C24H23NO6S. The monoisotopic (exact) mass is 453 g/mol. The number of hydrogen-bond acceptors (Lipinski definition) is 6. The summed E-state index contributed by atoms with van der Waals surface area (Å²) in [7, 11) is -2.26. The molecule has 1 aliphatic carbocycles. The van der Waals surface area contributed by atoms with E-state index in [-0.39, 0.29) is 37.0 Å². The summed E-state index contributed by atoms with van der Waals surface area (Å²) in [6.45, 7) is 2.25. The average Bonchev–Trinajstić information content (AvgIpc) is 3.17. The van der Waals surface area contributed by atoms with Gasteiger partial charge in [-0.25, -0.2) is 8.42 Å². The first-order chi connectivity index (χ1) is 15.4. The van der Waals surface area contributed by atoms with Crippen molar-refractivity contribution in [1.29, 1.82) is 0 Å². The highest BCUT2D eigenvalue weighted by atomic mass is 32.2. The van der Waals surface area contributed by atoms with E-state index >= 15 is 0 Å². The number of methoxy groups -OCH3 is 1. The Morgan fingerprint density at radius 1 is 1.09 bits per heavy atom. The minimum Gasteiger partial charge on any atom is -0.500 e. The summed E-state index contributed by atoms with van der Waals surface area (Å²) in [4.78, 5) is 13.6. The Labute approximate surface area is 186 Å². The van der Waals surface area contributed by atoms with Crippen LogP contribution in [0.2, 0.25) is 0 Å². The molecule has 166 valence electrons. The van der Waals surface area contributed by atoms with Crippen molar-refractivity contribution in [2.24, 2.45) is 0 Å². The number of rotatable bonds is 3. The maximum atomic E-state index is 13.5. The van der Waals surface area contributed by atoms with Crippen molar-refractivity contribution in [2.75, 3.05) is 20.4 Å². The fourth-order valence-corrected chi connectivity index (χ4v) is 6.07. The second-order valence-electron chi connectivity index (χ2n) is 8.13. The first-order valence-electron chi connectivity index (χ1n) is 10.3. The molecule has 1 atom stereocenters. The van der Waals surface area contributed by atoms with Gasteiger partial charge in [-0.05, 0) is 60.9 Å². The molecule has 0 unspecified atom stereocenters. The molecule has 2 aliphatic heterocycles. The number of nitrogens with zero attached hydrogens (tertiary/aromatic N) is 1. The van der Waals surface area contributed by atoms with E-state index in [1.807, 2.05) is 6.92 Å². The zero-order valence-corrected chi connectivity index (χ0v) is 18.6. The van der Waals surface area contributed by atoms with Gasteiger partial charge in [-0.1, -0.05) is 23.8 Å². The van der Waals surface area contributed by atoms with E-state index in [1.54, 1.807) is 48.6 Å². The van der Waals surface area contributed by atoms with Crippen LogP contribution >= 0.6 is 0 Å². The molecule has 0 fully saturated rings. The molecule has 0 bridgehead atoms. The van der Waals surface area contributed by atoms with E-state index in [9.17, 15) is 13.2 Å². The predicted octanol–water partition coefficient (Wildman–Crippen LogP) is 3.23. The van der Waals surface area contributed by atoms with Gasteiger partial charge in [-0.15, -0.1) is 0 Å². The van der Waals surface area contributed by atoms with Gasteiger partial charge in [0.25, 0.3) is 0 Å². The lowest BCUT2D eigenvalue weighted by Gasteiger charge is -2.35. The van der Waals surface area contributed by atoms with Gasteiger partial charge in [0.2, 0.25) is 16.8 Å². The minimum absolute atomic E-state index is 0.0808. The Morgan fingerprint density at radius 3 is 2.53 bits per heavy atom. The molecule has 32 heavy (non-hydrogen) atoms. The molecule has 0 saturated heterocycles. The van der Waals surface area contributed by atoms with Gasteiger partial charge in [-0.3, -0.25) is 4.79 Å². The molecule has 2 aromatic rings. The zero-order chi connectivity index (χ0) is 22.5. The number of benzene rings is 2. The summed E-state index contributed by atoms with van der Waals surface area (Å²) < 4.78 is 45.2. The molecule has 0 aromatic heterocycles. The molecule has 3 aliphatic rings. The van der Waals surface area contributed by atoms with E-state index in [2.05, 4.69) is 0 Å². The van der Waals surface area contributed by atoms with E-state index in [4.69, 9.17) is 14.2 Å². The number of sulfonamides is 1. The molecular weight excluding hydrogens is 430 g/mol. The minimum atomic E-state index is -3.78. The quantitative estimate of drug-likeness (QED) is 0.710. The van der Waals surface area contributed by atoms with Gasteiger partial charge in [0, 0.05) is 13.1 Å². The van der Waals surface area contributed by atoms with E-state index in [0.29, 0.717) is 28.4 Å². The maximum Gasteiger partial charge on any atom is 0.243 e. The highest BCUT2D eigenvalue weighted by molar-refractivity contribution is 7.89. The Kier molecular flexibility index (Phi) is 4.87. The van der Waals surface area contributed by atoms with Crippen molar-refractivity contribution >= 4 is 15.8 Å². The Morgan fingerprint density at radius 2 is 1.81 bits per heavy atom. The zero-order valence-electron chi connectivity index (χ0n) is 17.8. The van der Waals surface area contributed by atoms with Crippen LogP contribution in [-0.2, 0) is 31.5 Å².